The molecule has 1 unspecified atom stereocenters. The van der Waals surface area contributed by atoms with Gasteiger partial charge in [-0.1, -0.05) is 42.5 Å². The van der Waals surface area contributed by atoms with Crippen molar-refractivity contribution in [2.24, 2.45) is 0 Å². The van der Waals surface area contributed by atoms with Gasteiger partial charge in [0.1, 0.15) is 24.1 Å². The van der Waals surface area contributed by atoms with Gasteiger partial charge >= 0.3 is 10.4 Å². The molecule has 2 heterocycles. The van der Waals surface area contributed by atoms with E-state index in [0.29, 0.717) is 19.4 Å². The molecule has 0 saturated carbocycles. The van der Waals surface area contributed by atoms with E-state index in [4.69, 9.17) is 4.55 Å². The Morgan fingerprint density at radius 1 is 0.972 bits per heavy atom. The lowest BCUT2D eigenvalue weighted by molar-refractivity contribution is -0.406. The average Bonchev–Trinajstić information content (AvgIpc) is 3.16. The molecule has 2 aliphatic rings. The van der Waals surface area contributed by atoms with Crippen molar-refractivity contribution in [2.45, 2.75) is 18.9 Å². The van der Waals surface area contributed by atoms with Gasteiger partial charge in [0, 0.05) is 12.0 Å². The number of fused-ring (bicyclic) bond motifs is 1. The van der Waals surface area contributed by atoms with Gasteiger partial charge in [-0.25, -0.2) is 4.99 Å². The first-order chi connectivity index (χ1) is 17.2. The molecule has 0 radical (unpaired) electrons. The quantitative estimate of drug-likeness (QED) is 0.351. The minimum Gasteiger partial charge on any atom is -0.508 e. The number of phenols is 1. The zero-order valence-electron chi connectivity index (χ0n) is 19.1. The Bertz CT molecular complexity index is 1450. The number of phenolic OH excluding ortho intramolecular Hbond substituents is 1. The fourth-order valence-electron chi connectivity index (χ4n) is 4.38. The number of allylic oxidation sites excluding steroid dienone is 1. The van der Waals surface area contributed by atoms with E-state index in [1.165, 1.54) is 12.1 Å². The summed E-state index contributed by atoms with van der Waals surface area (Å²) in [5.74, 6) is 0.798. The van der Waals surface area contributed by atoms with Gasteiger partial charge < -0.3 is 14.6 Å². The highest BCUT2D eigenvalue weighted by Gasteiger charge is 2.42. The molecule has 0 bridgehead atoms. The first kappa shape index (κ1) is 23.6. The van der Waals surface area contributed by atoms with Crippen LogP contribution < -0.4 is 14.5 Å². The lowest BCUT2D eigenvalue weighted by Crippen LogP contribution is -2.76. The van der Waals surface area contributed by atoms with Crippen LogP contribution in [0.2, 0.25) is 0 Å². The van der Waals surface area contributed by atoms with Crippen LogP contribution in [0.4, 0.5) is 0 Å². The van der Waals surface area contributed by atoms with Crippen LogP contribution in [0, 0.1) is 0 Å². The van der Waals surface area contributed by atoms with Gasteiger partial charge in [0.15, 0.2) is 5.82 Å². The third-order valence-corrected chi connectivity index (χ3v) is 6.46. The minimum atomic E-state index is -4.60. The summed E-state index contributed by atoms with van der Waals surface area (Å²) >= 11 is 0. The van der Waals surface area contributed by atoms with Crippen molar-refractivity contribution in [1.29, 1.82) is 0 Å². The molecule has 9 nitrogen and oxygen atoms in total. The van der Waals surface area contributed by atoms with Crippen LogP contribution in [0.5, 0.6) is 11.5 Å². The van der Waals surface area contributed by atoms with Crippen molar-refractivity contribution in [2.75, 3.05) is 6.54 Å². The summed E-state index contributed by atoms with van der Waals surface area (Å²) in [7, 11) is -4.60. The Morgan fingerprint density at radius 3 is 2.33 bits per heavy atom. The van der Waals surface area contributed by atoms with Gasteiger partial charge in [-0.15, -0.1) is 0 Å². The second-order valence-electron chi connectivity index (χ2n) is 8.62. The second kappa shape index (κ2) is 9.48. The molecule has 0 aromatic heterocycles. The molecule has 5 rings (SSSR count). The number of hydrogen-bond acceptors (Lipinski definition) is 6. The summed E-state index contributed by atoms with van der Waals surface area (Å²) in [4.78, 5) is 18.7. The van der Waals surface area contributed by atoms with E-state index in [1.54, 1.807) is 29.2 Å². The van der Waals surface area contributed by atoms with Crippen molar-refractivity contribution >= 4 is 22.0 Å². The zero-order chi connectivity index (χ0) is 25.3. The van der Waals surface area contributed by atoms with E-state index in [-0.39, 0.29) is 17.4 Å². The third kappa shape index (κ3) is 5.24. The lowest BCUT2D eigenvalue weighted by Gasteiger charge is -2.20. The minimum absolute atomic E-state index is 0.0189. The van der Waals surface area contributed by atoms with E-state index >= 15 is 0 Å². The number of rotatable bonds is 7. The van der Waals surface area contributed by atoms with Crippen LogP contribution in [0.3, 0.4) is 0 Å². The van der Waals surface area contributed by atoms with Gasteiger partial charge in [0.25, 0.3) is 5.91 Å². The zero-order valence-corrected chi connectivity index (χ0v) is 19.9. The Labute approximate surface area is 208 Å². The molecule has 184 valence electrons. The molecule has 0 aliphatic carbocycles. The largest absolute Gasteiger partial charge is 0.508 e. The molecule has 1 amide bonds. The molecule has 3 aromatic rings. The molecule has 0 spiro atoms. The van der Waals surface area contributed by atoms with Crippen LogP contribution in [-0.2, 0) is 28.0 Å². The summed E-state index contributed by atoms with van der Waals surface area (Å²) in [6.45, 7) is 0.349. The normalized spacial score (nSPS) is 17.5. The first-order valence-electron chi connectivity index (χ1n) is 11.3. The van der Waals surface area contributed by atoms with Crippen LogP contribution in [0.15, 0.2) is 90.4 Å². The molecule has 1 fully saturated rings. The predicted molar refractivity (Wildman–Crippen MR) is 131 cm³/mol. The highest BCUT2D eigenvalue weighted by Crippen LogP contribution is 2.24. The topological polar surface area (TPSA) is 130 Å². The van der Waals surface area contributed by atoms with Crippen molar-refractivity contribution in [3.63, 3.8) is 0 Å². The molecule has 2 aliphatic heterocycles. The number of carbonyl (C=O) groups excluding carboxylic acids is 1. The van der Waals surface area contributed by atoms with Crippen molar-refractivity contribution in [3.8, 4) is 11.5 Å². The standard InChI is InChI=1S/C26H23N3O6S/c30-20-10-8-19(9-11-20)24-16-29-25(22(27-24)14-17-4-2-1-3-5-17)28-23(26(29)31)15-18-6-12-21(13-7-18)35-36(32,33)34/h1-13,23,28,30H,14-16H2,(H,32,33,34)/p+1. The van der Waals surface area contributed by atoms with E-state index in [1.807, 2.05) is 42.5 Å². The molecular formula is C26H24N3O6S+. The maximum Gasteiger partial charge on any atom is 0.446 e. The van der Waals surface area contributed by atoms with Crippen LogP contribution >= 0.6 is 0 Å². The Hall–Kier alpha value is -4.15. The van der Waals surface area contributed by atoms with Crippen LogP contribution in [-0.4, -0.2) is 47.2 Å². The summed E-state index contributed by atoms with van der Waals surface area (Å²) in [5.41, 5.74) is 4.48. The van der Waals surface area contributed by atoms with Gasteiger partial charge in [-0.3, -0.25) is 14.2 Å². The van der Waals surface area contributed by atoms with E-state index in [2.05, 4.69) is 14.5 Å². The summed E-state index contributed by atoms with van der Waals surface area (Å²) in [5, 5.41) is 13.0. The second-order valence-corrected chi connectivity index (χ2v) is 9.64. The van der Waals surface area contributed by atoms with E-state index < -0.39 is 16.4 Å². The monoisotopic (exact) mass is 506 g/mol. The van der Waals surface area contributed by atoms with Crippen molar-refractivity contribution in [3.05, 3.63) is 107 Å². The molecule has 36 heavy (non-hydrogen) atoms. The van der Waals surface area contributed by atoms with Gasteiger partial charge in [0.05, 0.1) is 6.42 Å². The van der Waals surface area contributed by atoms with Crippen LogP contribution in [0.25, 0.3) is 0 Å². The highest BCUT2D eigenvalue weighted by atomic mass is 32.3. The summed E-state index contributed by atoms with van der Waals surface area (Å²) in [6, 6.07) is 22.4. The number of amides is 1. The SMILES string of the molecule is O=C1C(Cc2ccc(OS(=O)(=O)O)cc2)NC2=C(Cc3ccccc3)[NH+]=C(c3ccc(O)cc3)CN12. The number of benzene rings is 3. The smallest absolute Gasteiger partial charge is 0.446 e. The fraction of sp³-hybridized carbons (Fsp3) is 0.154. The molecule has 1 saturated heterocycles. The lowest BCUT2D eigenvalue weighted by atomic mass is 10.0. The third-order valence-electron chi connectivity index (χ3n) is 6.05. The average molecular weight is 507 g/mol. The van der Waals surface area contributed by atoms with Crippen LogP contribution in [0.1, 0.15) is 16.7 Å². The van der Waals surface area contributed by atoms with Gasteiger partial charge in [-0.05, 0) is 47.5 Å². The van der Waals surface area contributed by atoms with Gasteiger partial charge in [0.2, 0.25) is 11.4 Å². The number of nitrogens with zero attached hydrogens (tertiary/aromatic N) is 1. The summed E-state index contributed by atoms with van der Waals surface area (Å²) in [6.07, 6.45) is 0.959. The maximum absolute atomic E-state index is 13.4. The van der Waals surface area contributed by atoms with Gasteiger partial charge in [-0.2, -0.15) is 8.42 Å². The molecular weight excluding hydrogens is 482 g/mol. The number of carbonyl (C=O) groups is 1. The summed E-state index contributed by atoms with van der Waals surface area (Å²) < 4.78 is 35.1. The Balaban J connectivity index is 1.41. The Morgan fingerprint density at radius 2 is 1.67 bits per heavy atom. The first-order valence-corrected chi connectivity index (χ1v) is 12.6. The number of aromatic hydroxyl groups is 1. The van der Waals surface area contributed by atoms with Crippen molar-refractivity contribution in [1.82, 2.24) is 10.2 Å². The number of nitrogens with one attached hydrogen (secondary N) is 2. The molecule has 1 atom stereocenters. The molecule has 4 N–H and O–H groups in total. The number of hydrogen-bond donors (Lipinski definition) is 4. The highest BCUT2D eigenvalue weighted by molar-refractivity contribution is 7.81. The van der Waals surface area contributed by atoms with E-state index in [9.17, 15) is 18.3 Å². The Kier molecular flexibility index (Phi) is 6.21. The molecule has 3 aromatic carbocycles. The fourth-order valence-corrected chi connectivity index (χ4v) is 4.73. The molecule has 10 heteroatoms. The predicted octanol–water partition coefficient (Wildman–Crippen LogP) is 0.912. The van der Waals surface area contributed by atoms with E-state index in [0.717, 1.165) is 33.9 Å². The maximum atomic E-state index is 13.4. The van der Waals surface area contributed by atoms with Crippen molar-refractivity contribution < 1.29 is 32.0 Å².